The van der Waals surface area contributed by atoms with Crippen LogP contribution in [0.3, 0.4) is 0 Å². The second-order valence-corrected chi connectivity index (χ2v) is 8.64. The number of benzene rings is 2. The first-order chi connectivity index (χ1) is 14.8. The Labute approximate surface area is 181 Å². The fraction of sp³-hybridized carbons (Fsp3) is 0.360. The number of ether oxygens (including phenoxy) is 1. The largest absolute Gasteiger partial charge is 0.422 e. The van der Waals surface area contributed by atoms with E-state index in [1.54, 1.807) is 36.4 Å². The SMILES string of the molecule is CC(=O)c1cc(C)ccc1OC(=O)c1cccc(N2C(=O)[C@@H]3CC[C@@H](C)C[C@H]3C2=O)c1. The van der Waals surface area contributed by atoms with Gasteiger partial charge in [-0.1, -0.05) is 24.6 Å². The van der Waals surface area contributed by atoms with E-state index in [2.05, 4.69) is 6.92 Å². The number of fused-ring (bicyclic) bond motifs is 1. The van der Waals surface area contributed by atoms with Gasteiger partial charge in [0, 0.05) is 0 Å². The van der Waals surface area contributed by atoms with Crippen molar-refractivity contribution in [1.82, 2.24) is 0 Å². The first-order valence-corrected chi connectivity index (χ1v) is 10.6. The fourth-order valence-corrected chi connectivity index (χ4v) is 4.58. The molecule has 6 nitrogen and oxygen atoms in total. The Bertz CT molecular complexity index is 1090. The fourth-order valence-electron chi connectivity index (χ4n) is 4.58. The summed E-state index contributed by atoms with van der Waals surface area (Å²) in [6, 6.07) is 11.4. The zero-order chi connectivity index (χ0) is 22.3. The van der Waals surface area contributed by atoms with E-state index in [-0.39, 0.29) is 40.7 Å². The van der Waals surface area contributed by atoms with Crippen molar-refractivity contribution in [3.05, 3.63) is 59.2 Å². The van der Waals surface area contributed by atoms with Crippen LogP contribution in [0, 0.1) is 24.7 Å². The van der Waals surface area contributed by atoms with Crippen molar-refractivity contribution in [3.63, 3.8) is 0 Å². The van der Waals surface area contributed by atoms with Crippen LogP contribution < -0.4 is 9.64 Å². The van der Waals surface area contributed by atoms with Crippen molar-refractivity contribution in [2.45, 2.75) is 40.0 Å². The maximum atomic E-state index is 13.0. The molecule has 1 aliphatic carbocycles. The molecule has 0 bridgehead atoms. The highest BCUT2D eigenvalue weighted by Gasteiger charge is 2.50. The minimum atomic E-state index is -0.654. The molecule has 2 fully saturated rings. The Hall–Kier alpha value is -3.28. The van der Waals surface area contributed by atoms with Crippen molar-refractivity contribution in [2.24, 2.45) is 17.8 Å². The summed E-state index contributed by atoms with van der Waals surface area (Å²) < 4.78 is 5.48. The quantitative estimate of drug-likeness (QED) is 0.319. The number of hydrogen-bond donors (Lipinski definition) is 0. The smallest absolute Gasteiger partial charge is 0.343 e. The second kappa shape index (κ2) is 8.10. The molecule has 1 aliphatic heterocycles. The molecule has 0 aromatic heterocycles. The molecule has 2 aromatic carbocycles. The van der Waals surface area contributed by atoms with E-state index in [1.807, 2.05) is 6.92 Å². The lowest BCUT2D eigenvalue weighted by Gasteiger charge is -2.25. The molecule has 0 spiro atoms. The Balaban J connectivity index is 1.59. The lowest BCUT2D eigenvalue weighted by molar-refractivity contribution is -0.122. The number of esters is 1. The lowest BCUT2D eigenvalue weighted by atomic mass is 9.76. The van der Waals surface area contributed by atoms with Crippen LogP contribution >= 0.6 is 0 Å². The number of nitrogens with zero attached hydrogens (tertiary/aromatic N) is 1. The molecule has 0 unspecified atom stereocenters. The zero-order valence-corrected chi connectivity index (χ0v) is 17.9. The number of ketones is 1. The summed E-state index contributed by atoms with van der Waals surface area (Å²) in [4.78, 5) is 51.8. The number of aryl methyl sites for hydroxylation is 1. The average molecular weight is 419 g/mol. The third-order valence-electron chi connectivity index (χ3n) is 6.24. The molecule has 2 amide bonds. The van der Waals surface area contributed by atoms with Gasteiger partial charge in [-0.3, -0.25) is 19.3 Å². The predicted octanol–water partition coefficient (Wildman–Crippen LogP) is 4.34. The average Bonchev–Trinajstić information content (AvgIpc) is 2.98. The number of amides is 2. The molecule has 1 heterocycles. The number of carbonyl (C=O) groups excluding carboxylic acids is 4. The van der Waals surface area contributed by atoms with Crippen LogP contribution in [0.4, 0.5) is 5.69 Å². The Morgan fingerprint density at radius 1 is 1.00 bits per heavy atom. The molecular weight excluding hydrogens is 394 g/mol. The van der Waals surface area contributed by atoms with Crippen LogP contribution in [-0.2, 0) is 9.59 Å². The summed E-state index contributed by atoms with van der Waals surface area (Å²) in [6.45, 7) is 5.37. The summed E-state index contributed by atoms with van der Waals surface area (Å²) in [5, 5.41) is 0. The minimum Gasteiger partial charge on any atom is -0.422 e. The van der Waals surface area contributed by atoms with Crippen molar-refractivity contribution >= 4 is 29.3 Å². The third-order valence-corrected chi connectivity index (χ3v) is 6.24. The van der Waals surface area contributed by atoms with Gasteiger partial charge in [0.25, 0.3) is 0 Å². The standard InChI is InChI=1S/C25H25NO5/c1-14-7-9-19-21(12-14)24(29)26(23(19)28)18-6-4-5-17(13-18)25(30)31-22-10-8-15(2)11-20(22)16(3)27/h4-6,8,10-11,13-14,19,21H,7,9,12H2,1-3H3/t14-,19-,21-/m1/s1. The first kappa shape index (κ1) is 21.0. The third kappa shape index (κ3) is 3.90. The molecular formula is C25H25NO5. The van der Waals surface area contributed by atoms with Crippen molar-refractivity contribution < 1.29 is 23.9 Å². The Morgan fingerprint density at radius 2 is 1.74 bits per heavy atom. The van der Waals surface area contributed by atoms with Gasteiger partial charge in [0.2, 0.25) is 11.8 Å². The topological polar surface area (TPSA) is 80.8 Å². The van der Waals surface area contributed by atoms with Crippen LogP contribution in [0.25, 0.3) is 0 Å². The zero-order valence-electron chi connectivity index (χ0n) is 17.9. The van der Waals surface area contributed by atoms with E-state index in [4.69, 9.17) is 4.74 Å². The van der Waals surface area contributed by atoms with E-state index in [1.165, 1.54) is 17.9 Å². The van der Waals surface area contributed by atoms with Gasteiger partial charge in [0.1, 0.15) is 5.75 Å². The molecule has 0 radical (unpaired) electrons. The van der Waals surface area contributed by atoms with E-state index in [0.717, 1.165) is 18.4 Å². The lowest BCUT2D eigenvalue weighted by Crippen LogP contribution is -2.31. The van der Waals surface area contributed by atoms with E-state index in [9.17, 15) is 19.2 Å². The van der Waals surface area contributed by atoms with Gasteiger partial charge in [0.15, 0.2) is 5.78 Å². The second-order valence-electron chi connectivity index (χ2n) is 8.64. The molecule has 6 heteroatoms. The van der Waals surface area contributed by atoms with Crippen LogP contribution in [0.15, 0.2) is 42.5 Å². The number of imide groups is 1. The molecule has 2 aromatic rings. The number of carbonyl (C=O) groups is 4. The monoisotopic (exact) mass is 419 g/mol. The minimum absolute atomic E-state index is 0.182. The van der Waals surface area contributed by atoms with E-state index < -0.39 is 5.97 Å². The van der Waals surface area contributed by atoms with Crippen LogP contribution in [0.2, 0.25) is 0 Å². The molecule has 1 saturated heterocycles. The van der Waals surface area contributed by atoms with Crippen molar-refractivity contribution in [1.29, 1.82) is 0 Å². The Morgan fingerprint density at radius 3 is 2.48 bits per heavy atom. The van der Waals surface area contributed by atoms with Gasteiger partial charge in [-0.05, 0) is 69.4 Å². The van der Waals surface area contributed by atoms with Gasteiger partial charge < -0.3 is 4.74 Å². The normalized spacial score (nSPS) is 22.9. The highest BCUT2D eigenvalue weighted by molar-refractivity contribution is 6.22. The first-order valence-electron chi connectivity index (χ1n) is 10.6. The van der Waals surface area contributed by atoms with Gasteiger partial charge in [-0.2, -0.15) is 0 Å². The summed E-state index contributed by atoms with van der Waals surface area (Å²) in [6.07, 6.45) is 2.38. The van der Waals surface area contributed by atoms with Gasteiger partial charge >= 0.3 is 5.97 Å². The molecule has 31 heavy (non-hydrogen) atoms. The van der Waals surface area contributed by atoms with E-state index in [0.29, 0.717) is 23.6 Å². The van der Waals surface area contributed by atoms with Crippen molar-refractivity contribution in [3.8, 4) is 5.75 Å². The number of hydrogen-bond acceptors (Lipinski definition) is 5. The van der Waals surface area contributed by atoms with Crippen LogP contribution in [0.5, 0.6) is 5.75 Å². The number of Topliss-reactive ketones (excluding diaryl/α,β-unsaturated/α-hetero) is 1. The van der Waals surface area contributed by atoms with Crippen molar-refractivity contribution in [2.75, 3.05) is 4.90 Å². The summed E-state index contributed by atoms with van der Waals surface area (Å²) in [5.41, 5.74) is 1.79. The van der Waals surface area contributed by atoms with Gasteiger partial charge in [-0.15, -0.1) is 0 Å². The summed E-state index contributed by atoms with van der Waals surface area (Å²) >= 11 is 0. The highest BCUT2D eigenvalue weighted by Crippen LogP contribution is 2.42. The van der Waals surface area contributed by atoms with Crippen LogP contribution in [0.1, 0.15) is 59.4 Å². The molecule has 1 saturated carbocycles. The van der Waals surface area contributed by atoms with Crippen LogP contribution in [-0.4, -0.2) is 23.6 Å². The molecule has 2 aliphatic rings. The maximum absolute atomic E-state index is 13.0. The highest BCUT2D eigenvalue weighted by atomic mass is 16.5. The molecule has 3 atom stereocenters. The molecule has 160 valence electrons. The maximum Gasteiger partial charge on any atom is 0.343 e. The van der Waals surface area contributed by atoms with Gasteiger partial charge in [-0.25, -0.2) is 4.79 Å². The van der Waals surface area contributed by atoms with Gasteiger partial charge in [0.05, 0.1) is 28.7 Å². The summed E-state index contributed by atoms with van der Waals surface area (Å²) in [5.74, 6) is -1.19. The summed E-state index contributed by atoms with van der Waals surface area (Å²) in [7, 11) is 0. The molecule has 4 rings (SSSR count). The number of rotatable bonds is 4. The predicted molar refractivity (Wildman–Crippen MR) is 115 cm³/mol. The van der Waals surface area contributed by atoms with E-state index >= 15 is 0 Å². The molecule has 0 N–H and O–H groups in total. The number of anilines is 1. The Kier molecular flexibility index (Phi) is 5.48.